The number of methoxy groups -OCH3 is 1. The maximum absolute atomic E-state index is 14.6. The lowest BCUT2D eigenvalue weighted by atomic mass is 9.94. The molecule has 0 aliphatic heterocycles. The van der Waals surface area contributed by atoms with Gasteiger partial charge in [0.05, 0.1) is 18.4 Å². The third-order valence-electron chi connectivity index (χ3n) is 5.74. The molecule has 0 aromatic heterocycles. The van der Waals surface area contributed by atoms with E-state index >= 15 is 0 Å². The lowest BCUT2D eigenvalue weighted by Gasteiger charge is -2.24. The van der Waals surface area contributed by atoms with E-state index in [4.69, 9.17) is 10.5 Å². The van der Waals surface area contributed by atoms with Crippen LogP contribution in [0.3, 0.4) is 0 Å². The van der Waals surface area contributed by atoms with Gasteiger partial charge in [-0.05, 0) is 55.1 Å². The highest BCUT2D eigenvalue weighted by Gasteiger charge is 2.35. The lowest BCUT2D eigenvalue weighted by molar-refractivity contribution is -0.0890. The summed E-state index contributed by atoms with van der Waals surface area (Å²) >= 11 is 0. The Morgan fingerprint density at radius 3 is 2.27 bits per heavy atom. The third-order valence-corrected chi connectivity index (χ3v) is 5.74. The first-order valence-corrected chi connectivity index (χ1v) is 13.4. The molecule has 0 bridgehead atoms. The van der Waals surface area contributed by atoms with E-state index in [1.54, 1.807) is 25.1 Å². The molecule has 2 aromatic carbocycles. The molecule has 224 valence electrons. The van der Waals surface area contributed by atoms with Crippen molar-refractivity contribution in [1.82, 2.24) is 0 Å². The van der Waals surface area contributed by atoms with Gasteiger partial charge >= 0.3 is 6.18 Å². The van der Waals surface area contributed by atoms with E-state index in [-0.39, 0.29) is 12.0 Å². The molecule has 1 atom stereocenters. The molecule has 0 aliphatic rings. The van der Waals surface area contributed by atoms with E-state index in [9.17, 15) is 22.0 Å². The van der Waals surface area contributed by atoms with Crippen molar-refractivity contribution in [1.29, 1.82) is 0 Å². The Morgan fingerprint density at radius 2 is 1.75 bits per heavy atom. The fourth-order valence-electron chi connectivity index (χ4n) is 3.94. The van der Waals surface area contributed by atoms with Crippen molar-refractivity contribution in [2.75, 3.05) is 19.5 Å². The van der Waals surface area contributed by atoms with E-state index in [0.717, 1.165) is 31.1 Å². The van der Waals surface area contributed by atoms with Crippen LogP contribution in [0.2, 0.25) is 0 Å². The first kappa shape index (κ1) is 36.8. The average molecular weight is 570 g/mol. The van der Waals surface area contributed by atoms with Gasteiger partial charge in [0.2, 0.25) is 0 Å². The van der Waals surface area contributed by atoms with E-state index in [1.807, 2.05) is 20.8 Å². The predicted molar refractivity (Wildman–Crippen MR) is 157 cm³/mol. The molecular weight excluding hydrogens is 525 g/mol. The summed E-state index contributed by atoms with van der Waals surface area (Å²) < 4.78 is 75.5. The number of allylic oxidation sites excluding steroid dienone is 3. The summed E-state index contributed by atoms with van der Waals surface area (Å²) in [6, 6.07) is 7.18. The molecule has 5 N–H and O–H groups in total. The molecule has 0 aliphatic carbocycles. The van der Waals surface area contributed by atoms with Crippen molar-refractivity contribution >= 4 is 5.69 Å². The van der Waals surface area contributed by atoms with Gasteiger partial charge < -0.3 is 21.5 Å². The first-order chi connectivity index (χ1) is 19.1. The number of alkyl halides is 3. The summed E-state index contributed by atoms with van der Waals surface area (Å²) in [6.45, 7) is 11.2. The van der Waals surface area contributed by atoms with Crippen LogP contribution in [0.15, 0.2) is 66.3 Å². The fourth-order valence-corrected chi connectivity index (χ4v) is 3.94. The van der Waals surface area contributed by atoms with Gasteiger partial charge in [0.25, 0.3) is 0 Å². The second-order valence-electron chi connectivity index (χ2n) is 8.30. The second kappa shape index (κ2) is 19.0. The summed E-state index contributed by atoms with van der Waals surface area (Å²) in [5.41, 5.74) is 11.3. The SMILES string of the molecule is C=C/C(=C(\C=C/CC)C(F)(F)F)C(N)Nc1c(Cc2cc(F)cc(F)c2CCCC)cccc1OC.CC.CN. The van der Waals surface area contributed by atoms with E-state index in [1.165, 1.54) is 26.3 Å². The molecule has 9 heteroatoms. The Labute approximate surface area is 236 Å². The number of benzene rings is 2. The smallest absolute Gasteiger partial charge is 0.416 e. The van der Waals surface area contributed by atoms with Gasteiger partial charge in [0.15, 0.2) is 0 Å². The van der Waals surface area contributed by atoms with Gasteiger partial charge in [-0.3, -0.25) is 0 Å². The Morgan fingerprint density at radius 1 is 1.10 bits per heavy atom. The van der Waals surface area contributed by atoms with Crippen LogP contribution in [0.4, 0.5) is 27.6 Å². The highest BCUT2D eigenvalue weighted by atomic mass is 19.4. The van der Waals surface area contributed by atoms with Crippen LogP contribution < -0.4 is 21.5 Å². The summed E-state index contributed by atoms with van der Waals surface area (Å²) in [7, 11) is 2.92. The van der Waals surface area contributed by atoms with Crippen molar-refractivity contribution in [3.05, 3.63) is 94.6 Å². The van der Waals surface area contributed by atoms with E-state index < -0.39 is 29.5 Å². The number of ether oxygens (including phenoxy) is 1. The van der Waals surface area contributed by atoms with Crippen LogP contribution in [0.1, 0.15) is 63.6 Å². The predicted octanol–water partition coefficient (Wildman–Crippen LogP) is 8.22. The lowest BCUT2D eigenvalue weighted by Crippen LogP contribution is -2.34. The number of anilines is 1. The Balaban J connectivity index is 0.00000363. The monoisotopic (exact) mass is 569 g/mol. The van der Waals surface area contributed by atoms with Crippen LogP contribution in [0.25, 0.3) is 0 Å². The highest BCUT2D eigenvalue weighted by molar-refractivity contribution is 5.65. The number of rotatable bonds is 12. The third kappa shape index (κ3) is 10.8. The van der Waals surface area contributed by atoms with Crippen LogP contribution in [0, 0.1) is 11.6 Å². The number of nitrogens with two attached hydrogens (primary N) is 2. The average Bonchev–Trinajstić information content (AvgIpc) is 2.92. The molecule has 0 heterocycles. The molecule has 0 amide bonds. The Kier molecular flexibility index (Phi) is 17.5. The van der Waals surface area contributed by atoms with Crippen LogP contribution in [-0.4, -0.2) is 26.5 Å². The number of para-hydroxylation sites is 1. The molecule has 40 heavy (non-hydrogen) atoms. The molecular formula is C31H44F5N3O. The van der Waals surface area contributed by atoms with Crippen molar-refractivity contribution in [3.63, 3.8) is 0 Å². The van der Waals surface area contributed by atoms with Crippen LogP contribution in [0.5, 0.6) is 5.75 Å². The number of hydrogen-bond acceptors (Lipinski definition) is 4. The number of hydrogen-bond donors (Lipinski definition) is 3. The quantitative estimate of drug-likeness (QED) is 0.137. The van der Waals surface area contributed by atoms with Gasteiger partial charge in [-0.1, -0.05) is 71.1 Å². The number of halogens is 5. The zero-order chi connectivity index (χ0) is 30.9. The van der Waals surface area contributed by atoms with Crippen molar-refractivity contribution < 1.29 is 26.7 Å². The van der Waals surface area contributed by atoms with E-state index in [0.29, 0.717) is 41.0 Å². The zero-order valence-electron chi connectivity index (χ0n) is 24.4. The minimum Gasteiger partial charge on any atom is -0.495 e. The molecule has 1 unspecified atom stereocenters. The minimum atomic E-state index is -4.65. The molecule has 0 radical (unpaired) electrons. The topological polar surface area (TPSA) is 73.3 Å². The van der Waals surface area contributed by atoms with Crippen LogP contribution >= 0.6 is 0 Å². The van der Waals surface area contributed by atoms with Gasteiger partial charge in [0.1, 0.15) is 23.5 Å². The maximum atomic E-state index is 14.6. The normalized spacial score (nSPS) is 12.4. The Hall–Kier alpha value is -3.17. The highest BCUT2D eigenvalue weighted by Crippen LogP contribution is 2.35. The van der Waals surface area contributed by atoms with Crippen LogP contribution in [-0.2, 0) is 12.8 Å². The van der Waals surface area contributed by atoms with Gasteiger partial charge in [-0.2, -0.15) is 13.2 Å². The summed E-state index contributed by atoms with van der Waals surface area (Å²) in [4.78, 5) is 0. The second-order valence-corrected chi connectivity index (χ2v) is 8.30. The van der Waals surface area contributed by atoms with Crippen molar-refractivity contribution in [2.24, 2.45) is 11.5 Å². The minimum absolute atomic E-state index is 0.120. The van der Waals surface area contributed by atoms with Crippen molar-refractivity contribution in [3.8, 4) is 5.75 Å². The van der Waals surface area contributed by atoms with Gasteiger partial charge in [-0.15, -0.1) is 0 Å². The number of nitrogens with one attached hydrogen (secondary N) is 1. The standard InChI is InChI=1S/C28H33F5N2O.C2H6.CH5N/c1-5-8-12-22-19(16-20(29)17-24(22)30)15-18-11-10-14-25(36-4)26(18)35-27(34)21(7-3)23(13-9-6-2)28(31,32)33;2*1-2/h7,9-11,13-14,16-17,27,35H,3,5-6,8,12,15,34H2,1-2,4H3;1-2H3;2H2,1H3/b13-9-,23-21-;;. The zero-order valence-corrected chi connectivity index (χ0v) is 24.4. The summed E-state index contributed by atoms with van der Waals surface area (Å²) in [5, 5.41) is 2.92. The molecule has 2 aromatic rings. The molecule has 0 saturated carbocycles. The largest absolute Gasteiger partial charge is 0.495 e. The molecule has 2 rings (SSSR count). The Bertz CT molecular complexity index is 1110. The van der Waals surface area contributed by atoms with Gasteiger partial charge in [0, 0.05) is 18.1 Å². The molecule has 0 saturated heterocycles. The van der Waals surface area contributed by atoms with Gasteiger partial charge in [-0.25, -0.2) is 8.78 Å². The molecule has 0 spiro atoms. The number of unbranched alkanes of at least 4 members (excludes halogenated alkanes) is 1. The van der Waals surface area contributed by atoms with E-state index in [2.05, 4.69) is 17.6 Å². The molecule has 0 fully saturated rings. The summed E-state index contributed by atoms with van der Waals surface area (Å²) in [5.74, 6) is -0.996. The molecule has 4 nitrogen and oxygen atoms in total. The fraction of sp³-hybridized carbons (Fsp3) is 0.419. The first-order valence-electron chi connectivity index (χ1n) is 13.4. The van der Waals surface area contributed by atoms with Crippen molar-refractivity contribution in [2.45, 2.75) is 72.1 Å². The maximum Gasteiger partial charge on any atom is 0.416 e. The summed E-state index contributed by atoms with van der Waals surface area (Å²) in [6.07, 6.45) is 0.0336.